The van der Waals surface area contributed by atoms with Crippen LogP contribution in [0.4, 0.5) is 5.69 Å². The third-order valence-electron chi connectivity index (χ3n) is 3.10. The standard InChI is InChI=1S/C12H16BrClN2O2S/c1-8-5-10(13)12(6-11(8)14)16-19(17,18)7-9-3-2-4-15-9/h5-6,9,15-16H,2-4,7H2,1H3. The fourth-order valence-electron chi connectivity index (χ4n) is 2.10. The maximum atomic E-state index is 12.1. The number of rotatable bonds is 4. The average molecular weight is 368 g/mol. The molecule has 0 radical (unpaired) electrons. The molecule has 1 heterocycles. The van der Waals surface area contributed by atoms with Crippen LogP contribution in [0.15, 0.2) is 16.6 Å². The number of anilines is 1. The molecule has 1 aromatic rings. The second-order valence-corrected chi connectivity index (χ2v) is 7.79. The summed E-state index contributed by atoms with van der Waals surface area (Å²) >= 11 is 9.36. The predicted octanol–water partition coefficient (Wildman–Crippen LogP) is 2.90. The minimum absolute atomic E-state index is 0.0391. The van der Waals surface area contributed by atoms with Gasteiger partial charge in [0.25, 0.3) is 0 Å². The molecule has 1 saturated heterocycles. The minimum Gasteiger partial charge on any atom is -0.313 e. The summed E-state index contributed by atoms with van der Waals surface area (Å²) in [5.41, 5.74) is 1.38. The molecule has 1 aromatic carbocycles. The van der Waals surface area contributed by atoms with E-state index in [0.717, 1.165) is 24.9 Å². The van der Waals surface area contributed by atoms with Crippen LogP contribution in [0, 0.1) is 6.92 Å². The first-order valence-electron chi connectivity index (χ1n) is 6.07. The zero-order valence-corrected chi connectivity index (χ0v) is 13.7. The Morgan fingerprint density at radius 3 is 2.89 bits per heavy atom. The summed E-state index contributed by atoms with van der Waals surface area (Å²) in [7, 11) is -3.37. The van der Waals surface area contributed by atoms with Crippen LogP contribution in [0.1, 0.15) is 18.4 Å². The van der Waals surface area contributed by atoms with Crippen LogP contribution in [0.25, 0.3) is 0 Å². The van der Waals surface area contributed by atoms with Crippen LogP contribution >= 0.6 is 27.5 Å². The van der Waals surface area contributed by atoms with Crippen molar-refractivity contribution in [3.8, 4) is 0 Å². The van der Waals surface area contributed by atoms with Gasteiger partial charge < -0.3 is 5.32 Å². The summed E-state index contributed by atoms with van der Waals surface area (Å²) in [4.78, 5) is 0. The molecule has 2 N–H and O–H groups in total. The molecular weight excluding hydrogens is 352 g/mol. The van der Waals surface area contributed by atoms with Gasteiger partial charge in [-0.3, -0.25) is 4.72 Å². The molecule has 0 amide bonds. The van der Waals surface area contributed by atoms with Crippen molar-refractivity contribution in [3.05, 3.63) is 27.2 Å². The highest BCUT2D eigenvalue weighted by Crippen LogP contribution is 2.30. The van der Waals surface area contributed by atoms with Gasteiger partial charge in [-0.1, -0.05) is 11.6 Å². The Balaban J connectivity index is 2.13. The van der Waals surface area contributed by atoms with Crippen molar-refractivity contribution >= 4 is 43.2 Å². The molecule has 0 bridgehead atoms. The van der Waals surface area contributed by atoms with E-state index in [4.69, 9.17) is 11.6 Å². The van der Waals surface area contributed by atoms with Crippen molar-refractivity contribution in [1.82, 2.24) is 5.32 Å². The second-order valence-electron chi connectivity index (χ2n) is 4.76. The Morgan fingerprint density at radius 2 is 2.26 bits per heavy atom. The Morgan fingerprint density at radius 1 is 1.53 bits per heavy atom. The maximum Gasteiger partial charge on any atom is 0.234 e. The Hall–Kier alpha value is -0.300. The van der Waals surface area contributed by atoms with Gasteiger partial charge in [-0.2, -0.15) is 0 Å². The first kappa shape index (κ1) is 15.1. The summed E-state index contributed by atoms with van der Waals surface area (Å²) < 4.78 is 27.5. The van der Waals surface area contributed by atoms with Crippen LogP contribution in [-0.4, -0.2) is 26.8 Å². The summed E-state index contributed by atoms with van der Waals surface area (Å²) in [6.07, 6.45) is 1.93. The smallest absolute Gasteiger partial charge is 0.234 e. The van der Waals surface area contributed by atoms with E-state index in [1.165, 1.54) is 0 Å². The minimum atomic E-state index is -3.37. The van der Waals surface area contributed by atoms with E-state index in [9.17, 15) is 8.42 Å². The molecule has 4 nitrogen and oxygen atoms in total. The fraction of sp³-hybridized carbons (Fsp3) is 0.500. The van der Waals surface area contributed by atoms with Gasteiger partial charge in [0.1, 0.15) is 0 Å². The predicted molar refractivity (Wildman–Crippen MR) is 82.3 cm³/mol. The van der Waals surface area contributed by atoms with Crippen molar-refractivity contribution in [1.29, 1.82) is 0 Å². The quantitative estimate of drug-likeness (QED) is 0.860. The molecule has 19 heavy (non-hydrogen) atoms. The number of nitrogens with one attached hydrogen (secondary N) is 2. The van der Waals surface area contributed by atoms with E-state index in [0.29, 0.717) is 15.2 Å². The molecule has 0 spiro atoms. The molecule has 106 valence electrons. The van der Waals surface area contributed by atoms with Gasteiger partial charge in [-0.05, 0) is 59.9 Å². The van der Waals surface area contributed by atoms with Crippen molar-refractivity contribution in [2.45, 2.75) is 25.8 Å². The lowest BCUT2D eigenvalue weighted by Crippen LogP contribution is -2.32. The van der Waals surface area contributed by atoms with Crippen LogP contribution in [0.5, 0.6) is 0 Å². The Bertz CT molecular complexity index is 571. The lowest BCUT2D eigenvalue weighted by atomic mass is 10.2. The van der Waals surface area contributed by atoms with Crippen molar-refractivity contribution in [3.63, 3.8) is 0 Å². The molecule has 0 aromatic heterocycles. The summed E-state index contributed by atoms with van der Waals surface area (Å²) in [5, 5.41) is 3.72. The van der Waals surface area contributed by atoms with Crippen LogP contribution in [0.2, 0.25) is 5.02 Å². The summed E-state index contributed by atoms with van der Waals surface area (Å²) in [6, 6.07) is 3.46. The Labute approximate surface area is 127 Å². The molecule has 1 fully saturated rings. The lowest BCUT2D eigenvalue weighted by Gasteiger charge is -2.14. The van der Waals surface area contributed by atoms with E-state index < -0.39 is 10.0 Å². The van der Waals surface area contributed by atoms with E-state index in [1.807, 2.05) is 6.92 Å². The molecule has 1 atom stereocenters. The molecule has 2 rings (SSSR count). The summed E-state index contributed by atoms with van der Waals surface area (Å²) in [6.45, 7) is 2.76. The largest absolute Gasteiger partial charge is 0.313 e. The monoisotopic (exact) mass is 366 g/mol. The van der Waals surface area contributed by atoms with Gasteiger partial charge in [0.15, 0.2) is 0 Å². The van der Waals surface area contributed by atoms with Crippen molar-refractivity contribution in [2.24, 2.45) is 0 Å². The van der Waals surface area contributed by atoms with Gasteiger partial charge >= 0.3 is 0 Å². The van der Waals surface area contributed by atoms with E-state index in [1.54, 1.807) is 12.1 Å². The van der Waals surface area contributed by atoms with E-state index >= 15 is 0 Å². The zero-order chi connectivity index (χ0) is 14.0. The summed E-state index contributed by atoms with van der Waals surface area (Å²) in [5.74, 6) is 0.0882. The number of hydrogen-bond donors (Lipinski definition) is 2. The molecular formula is C12H16BrClN2O2S. The molecule has 7 heteroatoms. The number of benzene rings is 1. The number of hydrogen-bond acceptors (Lipinski definition) is 3. The fourth-order valence-corrected chi connectivity index (χ4v) is 4.35. The van der Waals surface area contributed by atoms with Gasteiger partial charge in [-0.15, -0.1) is 0 Å². The first-order chi connectivity index (χ1) is 8.87. The highest BCUT2D eigenvalue weighted by molar-refractivity contribution is 9.10. The molecule has 1 aliphatic rings. The highest BCUT2D eigenvalue weighted by Gasteiger charge is 2.22. The topological polar surface area (TPSA) is 58.2 Å². The average Bonchev–Trinajstić information content (AvgIpc) is 2.77. The van der Waals surface area contributed by atoms with E-state index in [-0.39, 0.29) is 11.8 Å². The van der Waals surface area contributed by atoms with Crippen molar-refractivity contribution in [2.75, 3.05) is 17.0 Å². The van der Waals surface area contributed by atoms with Crippen LogP contribution < -0.4 is 10.0 Å². The number of halogens is 2. The maximum absolute atomic E-state index is 12.1. The Kier molecular flexibility index (Phi) is 4.76. The zero-order valence-electron chi connectivity index (χ0n) is 10.5. The first-order valence-corrected chi connectivity index (χ1v) is 8.89. The SMILES string of the molecule is Cc1cc(Br)c(NS(=O)(=O)CC2CCCN2)cc1Cl. The molecule has 0 aliphatic carbocycles. The number of aryl methyl sites for hydroxylation is 1. The van der Waals surface area contributed by atoms with Gasteiger partial charge in [0.2, 0.25) is 10.0 Å². The van der Waals surface area contributed by atoms with Gasteiger partial charge in [0, 0.05) is 15.5 Å². The molecule has 0 saturated carbocycles. The number of sulfonamides is 1. The van der Waals surface area contributed by atoms with E-state index in [2.05, 4.69) is 26.0 Å². The van der Waals surface area contributed by atoms with Gasteiger partial charge in [0.05, 0.1) is 11.4 Å². The van der Waals surface area contributed by atoms with Gasteiger partial charge in [-0.25, -0.2) is 8.42 Å². The lowest BCUT2D eigenvalue weighted by molar-refractivity contribution is 0.582. The third kappa shape index (κ3) is 4.08. The second kappa shape index (κ2) is 5.99. The third-order valence-corrected chi connectivity index (χ3v) is 5.53. The molecule has 1 unspecified atom stereocenters. The molecule has 1 aliphatic heterocycles. The normalized spacial score (nSPS) is 19.6. The van der Waals surface area contributed by atoms with Crippen LogP contribution in [-0.2, 0) is 10.0 Å². The van der Waals surface area contributed by atoms with Crippen LogP contribution in [0.3, 0.4) is 0 Å². The highest BCUT2D eigenvalue weighted by atomic mass is 79.9. The van der Waals surface area contributed by atoms with Crippen molar-refractivity contribution < 1.29 is 8.42 Å².